The highest BCUT2D eigenvalue weighted by molar-refractivity contribution is 9.10. The summed E-state index contributed by atoms with van der Waals surface area (Å²) in [6.45, 7) is 0. The lowest BCUT2D eigenvalue weighted by Crippen LogP contribution is -1.94. The van der Waals surface area contributed by atoms with Crippen molar-refractivity contribution in [2.24, 2.45) is 0 Å². The maximum atomic E-state index is 10.8. The SMILES string of the molecule is O=C(O)c1nc(-c2c[nH]c3ncc(Br)cc23)cs1. The summed E-state index contributed by atoms with van der Waals surface area (Å²) < 4.78 is 0.865. The summed E-state index contributed by atoms with van der Waals surface area (Å²) in [5.74, 6) is -1.01. The summed E-state index contributed by atoms with van der Waals surface area (Å²) in [6.07, 6.45) is 3.48. The molecule has 0 spiro atoms. The number of thiazole rings is 1. The average molecular weight is 324 g/mol. The van der Waals surface area contributed by atoms with Gasteiger partial charge in [0.05, 0.1) is 5.69 Å². The number of nitrogens with zero attached hydrogens (tertiary/aromatic N) is 2. The normalized spacial score (nSPS) is 10.9. The summed E-state index contributed by atoms with van der Waals surface area (Å²) >= 11 is 4.48. The third kappa shape index (κ3) is 1.81. The molecule has 3 aromatic rings. The molecule has 3 heterocycles. The fraction of sp³-hybridized carbons (Fsp3) is 0. The van der Waals surface area contributed by atoms with E-state index in [4.69, 9.17) is 5.11 Å². The molecule has 0 fully saturated rings. The van der Waals surface area contributed by atoms with Crippen molar-refractivity contribution in [3.63, 3.8) is 0 Å². The molecule has 0 atom stereocenters. The molecule has 90 valence electrons. The van der Waals surface area contributed by atoms with Gasteiger partial charge in [-0.05, 0) is 22.0 Å². The standard InChI is InChI=1S/C11H6BrN3O2S/c12-5-1-6-7(3-14-9(6)13-2-5)8-4-18-10(15-8)11(16)17/h1-4H,(H,13,14)(H,16,17). The van der Waals surface area contributed by atoms with Gasteiger partial charge in [0.2, 0.25) is 5.01 Å². The van der Waals surface area contributed by atoms with Gasteiger partial charge in [0.15, 0.2) is 0 Å². The number of halogens is 1. The van der Waals surface area contributed by atoms with Crippen LogP contribution >= 0.6 is 27.3 Å². The summed E-state index contributed by atoms with van der Waals surface area (Å²) in [6, 6.07) is 1.92. The number of aromatic carboxylic acids is 1. The number of aromatic nitrogens is 3. The molecule has 0 saturated carbocycles. The highest BCUT2D eigenvalue weighted by atomic mass is 79.9. The van der Waals surface area contributed by atoms with E-state index >= 15 is 0 Å². The number of hydrogen-bond donors (Lipinski definition) is 2. The Morgan fingerprint density at radius 1 is 1.50 bits per heavy atom. The van der Waals surface area contributed by atoms with Crippen molar-refractivity contribution in [3.8, 4) is 11.3 Å². The van der Waals surface area contributed by atoms with Gasteiger partial charge >= 0.3 is 5.97 Å². The first-order valence-electron chi connectivity index (χ1n) is 4.97. The van der Waals surface area contributed by atoms with Crippen LogP contribution in [0, 0.1) is 0 Å². The molecule has 0 saturated heterocycles. The minimum atomic E-state index is -1.01. The molecule has 7 heteroatoms. The zero-order valence-corrected chi connectivity index (χ0v) is 11.2. The van der Waals surface area contributed by atoms with Crippen LogP contribution in [0.3, 0.4) is 0 Å². The fourth-order valence-corrected chi connectivity index (χ4v) is 2.67. The van der Waals surface area contributed by atoms with Gasteiger partial charge in [-0.3, -0.25) is 0 Å². The zero-order valence-electron chi connectivity index (χ0n) is 8.85. The first-order chi connectivity index (χ1) is 8.65. The second-order valence-corrected chi connectivity index (χ2v) is 5.37. The average Bonchev–Trinajstić information content (AvgIpc) is 2.93. The van der Waals surface area contributed by atoms with Crippen LogP contribution in [-0.4, -0.2) is 26.0 Å². The quantitative estimate of drug-likeness (QED) is 0.759. The Balaban J connectivity index is 2.18. The number of fused-ring (bicyclic) bond motifs is 1. The van der Waals surface area contributed by atoms with E-state index in [2.05, 4.69) is 30.9 Å². The van der Waals surface area contributed by atoms with Gasteiger partial charge < -0.3 is 10.1 Å². The molecule has 5 nitrogen and oxygen atoms in total. The van der Waals surface area contributed by atoms with Crippen LogP contribution in [-0.2, 0) is 0 Å². The van der Waals surface area contributed by atoms with Gasteiger partial charge in [-0.25, -0.2) is 14.8 Å². The van der Waals surface area contributed by atoms with E-state index < -0.39 is 5.97 Å². The minimum Gasteiger partial charge on any atom is -0.476 e. The first-order valence-corrected chi connectivity index (χ1v) is 6.64. The Morgan fingerprint density at radius 2 is 2.33 bits per heavy atom. The van der Waals surface area contributed by atoms with Crippen LogP contribution in [0.15, 0.2) is 28.3 Å². The highest BCUT2D eigenvalue weighted by Crippen LogP contribution is 2.30. The lowest BCUT2D eigenvalue weighted by molar-refractivity contribution is 0.0696. The zero-order chi connectivity index (χ0) is 12.7. The van der Waals surface area contributed by atoms with Crippen molar-refractivity contribution >= 4 is 44.3 Å². The van der Waals surface area contributed by atoms with Crippen LogP contribution in [0.5, 0.6) is 0 Å². The summed E-state index contributed by atoms with van der Waals surface area (Å²) in [7, 11) is 0. The van der Waals surface area contributed by atoms with Crippen molar-refractivity contribution in [3.05, 3.63) is 33.3 Å². The number of carboxylic acids is 1. The van der Waals surface area contributed by atoms with Gasteiger partial charge in [0, 0.05) is 33.2 Å². The minimum absolute atomic E-state index is 0.0855. The Kier molecular flexibility index (Phi) is 2.64. The van der Waals surface area contributed by atoms with E-state index in [0.29, 0.717) is 5.69 Å². The predicted molar refractivity (Wildman–Crippen MR) is 71.9 cm³/mol. The van der Waals surface area contributed by atoms with Gasteiger partial charge in [0.25, 0.3) is 0 Å². The molecule has 18 heavy (non-hydrogen) atoms. The molecule has 0 bridgehead atoms. The summed E-state index contributed by atoms with van der Waals surface area (Å²) in [4.78, 5) is 22.2. The Bertz CT molecular complexity index is 750. The van der Waals surface area contributed by atoms with Crippen LogP contribution in [0.4, 0.5) is 0 Å². The molecule has 0 aliphatic carbocycles. The van der Waals surface area contributed by atoms with Gasteiger partial charge in [-0.2, -0.15) is 0 Å². The molecule has 0 aromatic carbocycles. The maximum Gasteiger partial charge on any atom is 0.365 e. The molecule has 3 rings (SSSR count). The largest absolute Gasteiger partial charge is 0.476 e. The number of H-pyrrole nitrogens is 1. The lowest BCUT2D eigenvalue weighted by atomic mass is 10.2. The van der Waals surface area contributed by atoms with Gasteiger partial charge in [0.1, 0.15) is 5.65 Å². The number of carbonyl (C=O) groups is 1. The maximum absolute atomic E-state index is 10.8. The molecule has 0 radical (unpaired) electrons. The molecular formula is C11H6BrN3O2S. The van der Waals surface area contributed by atoms with Crippen molar-refractivity contribution in [2.45, 2.75) is 0 Å². The molecule has 0 unspecified atom stereocenters. The third-order valence-electron chi connectivity index (χ3n) is 2.46. The van der Waals surface area contributed by atoms with Crippen molar-refractivity contribution in [2.75, 3.05) is 0 Å². The number of hydrogen-bond acceptors (Lipinski definition) is 4. The van der Waals surface area contributed by atoms with Gasteiger partial charge in [-0.15, -0.1) is 11.3 Å². The molecule has 0 aliphatic rings. The van der Waals surface area contributed by atoms with E-state index in [1.165, 1.54) is 0 Å². The number of aromatic amines is 1. The van der Waals surface area contributed by atoms with Crippen molar-refractivity contribution in [1.29, 1.82) is 0 Å². The van der Waals surface area contributed by atoms with Crippen LogP contribution < -0.4 is 0 Å². The molecule has 0 aliphatic heterocycles. The second kappa shape index (κ2) is 4.18. The Labute approximate surface area is 114 Å². The topological polar surface area (TPSA) is 78.9 Å². The Morgan fingerprint density at radius 3 is 3.06 bits per heavy atom. The Hall–Kier alpha value is -1.73. The number of carboxylic acid groups (broad SMARTS) is 1. The number of rotatable bonds is 2. The van der Waals surface area contributed by atoms with E-state index in [-0.39, 0.29) is 5.01 Å². The monoisotopic (exact) mass is 323 g/mol. The number of pyridine rings is 1. The second-order valence-electron chi connectivity index (χ2n) is 3.60. The third-order valence-corrected chi connectivity index (χ3v) is 3.72. The van der Waals surface area contributed by atoms with Crippen LogP contribution in [0.25, 0.3) is 22.3 Å². The van der Waals surface area contributed by atoms with E-state index in [1.54, 1.807) is 17.8 Å². The van der Waals surface area contributed by atoms with E-state index in [1.807, 2.05) is 6.07 Å². The van der Waals surface area contributed by atoms with E-state index in [9.17, 15) is 4.79 Å². The molecule has 0 amide bonds. The van der Waals surface area contributed by atoms with Gasteiger partial charge in [-0.1, -0.05) is 0 Å². The van der Waals surface area contributed by atoms with Crippen molar-refractivity contribution in [1.82, 2.24) is 15.0 Å². The fourth-order valence-electron chi connectivity index (χ4n) is 1.69. The predicted octanol–water partition coefficient (Wildman–Crippen LogP) is 3.15. The molecular weight excluding hydrogens is 318 g/mol. The molecule has 3 aromatic heterocycles. The molecule has 2 N–H and O–H groups in total. The smallest absolute Gasteiger partial charge is 0.365 e. The van der Waals surface area contributed by atoms with Crippen molar-refractivity contribution < 1.29 is 9.90 Å². The van der Waals surface area contributed by atoms with Crippen LogP contribution in [0.1, 0.15) is 9.80 Å². The first kappa shape index (κ1) is 11.4. The van der Waals surface area contributed by atoms with Crippen LogP contribution in [0.2, 0.25) is 0 Å². The summed E-state index contributed by atoms with van der Waals surface area (Å²) in [5, 5.41) is 11.6. The lowest BCUT2D eigenvalue weighted by Gasteiger charge is -1.94. The van der Waals surface area contributed by atoms with E-state index in [0.717, 1.165) is 32.4 Å². The highest BCUT2D eigenvalue weighted by Gasteiger charge is 2.14. The summed E-state index contributed by atoms with van der Waals surface area (Å²) in [5.41, 5.74) is 2.24. The number of nitrogens with one attached hydrogen (secondary N) is 1.